The Kier molecular flexibility index (Phi) is 6.92. The number of benzene rings is 2. The highest BCUT2D eigenvalue weighted by Crippen LogP contribution is 2.31. The standard InChI is InChI=1S/C11H11NOS.C10H14N2/c1-12(2)10-4-3-5-11-9(10)6-8(7-13)14-11;1-9-4-6-10(7-5-9)12(3)8-11-2/h3-7H,1-2H3;4-8H,1-3H3. The smallest absolute Gasteiger partial charge is 0.160 e. The third-order valence-electron chi connectivity index (χ3n) is 3.89. The first-order valence-corrected chi connectivity index (χ1v) is 9.14. The number of aryl methyl sites for hydroxylation is 1. The molecule has 4 nitrogen and oxygen atoms in total. The zero-order valence-corrected chi connectivity index (χ0v) is 16.7. The van der Waals surface area contributed by atoms with Gasteiger partial charge in [0.05, 0.1) is 11.2 Å². The van der Waals surface area contributed by atoms with Crippen LogP contribution < -0.4 is 9.80 Å². The summed E-state index contributed by atoms with van der Waals surface area (Å²) in [5, 5.41) is 1.16. The van der Waals surface area contributed by atoms with Crippen LogP contribution in [0.3, 0.4) is 0 Å². The molecule has 5 heteroatoms. The van der Waals surface area contributed by atoms with E-state index in [1.165, 1.54) is 21.6 Å². The van der Waals surface area contributed by atoms with E-state index in [-0.39, 0.29) is 0 Å². The van der Waals surface area contributed by atoms with Crippen molar-refractivity contribution < 1.29 is 4.79 Å². The van der Waals surface area contributed by atoms with E-state index in [4.69, 9.17) is 0 Å². The van der Waals surface area contributed by atoms with Crippen molar-refractivity contribution >= 4 is 45.4 Å². The summed E-state index contributed by atoms with van der Waals surface area (Å²) in [5.41, 5.74) is 3.60. The van der Waals surface area contributed by atoms with Gasteiger partial charge in [0.2, 0.25) is 0 Å². The van der Waals surface area contributed by atoms with Crippen LogP contribution in [0.1, 0.15) is 15.2 Å². The Labute approximate surface area is 159 Å². The summed E-state index contributed by atoms with van der Waals surface area (Å²) in [6, 6.07) is 16.4. The molecular weight excluding hydrogens is 342 g/mol. The third-order valence-corrected chi connectivity index (χ3v) is 4.91. The molecule has 3 aromatic rings. The quantitative estimate of drug-likeness (QED) is 0.375. The fourth-order valence-electron chi connectivity index (χ4n) is 2.53. The lowest BCUT2D eigenvalue weighted by molar-refractivity contribution is 0.112. The molecular formula is C21H25N3OS. The van der Waals surface area contributed by atoms with Gasteiger partial charge in [0.25, 0.3) is 0 Å². The molecule has 26 heavy (non-hydrogen) atoms. The SMILES string of the molecule is CN(C)c1cccc2sc(C=O)cc12.CN=CN(C)c1ccc(C)cc1. The number of hydrogen-bond donors (Lipinski definition) is 0. The summed E-state index contributed by atoms with van der Waals surface area (Å²) in [7, 11) is 7.77. The summed E-state index contributed by atoms with van der Waals surface area (Å²) in [6.07, 6.45) is 2.70. The van der Waals surface area contributed by atoms with Crippen molar-refractivity contribution in [2.24, 2.45) is 4.99 Å². The highest BCUT2D eigenvalue weighted by Gasteiger charge is 2.06. The molecule has 2 aromatic carbocycles. The average molecular weight is 368 g/mol. The van der Waals surface area contributed by atoms with Gasteiger partial charge in [-0.05, 0) is 37.3 Å². The van der Waals surface area contributed by atoms with Gasteiger partial charge < -0.3 is 9.80 Å². The Morgan fingerprint density at radius 1 is 1.04 bits per heavy atom. The van der Waals surface area contributed by atoms with E-state index in [1.807, 2.05) is 44.2 Å². The number of carbonyl (C=O) groups is 1. The summed E-state index contributed by atoms with van der Waals surface area (Å²) in [5.74, 6) is 0. The van der Waals surface area contributed by atoms with E-state index in [9.17, 15) is 4.79 Å². The van der Waals surface area contributed by atoms with Gasteiger partial charge in [-0.3, -0.25) is 9.79 Å². The molecule has 0 N–H and O–H groups in total. The summed E-state index contributed by atoms with van der Waals surface area (Å²) < 4.78 is 1.17. The number of fused-ring (bicyclic) bond motifs is 1. The second-order valence-corrected chi connectivity index (χ2v) is 7.29. The van der Waals surface area contributed by atoms with Crippen LogP contribution in [-0.2, 0) is 0 Å². The number of rotatable bonds is 4. The van der Waals surface area contributed by atoms with Crippen molar-refractivity contribution in [1.82, 2.24) is 0 Å². The predicted octanol–water partition coefficient (Wildman–Crippen LogP) is 4.87. The van der Waals surface area contributed by atoms with Crippen molar-refractivity contribution in [3.8, 4) is 0 Å². The maximum atomic E-state index is 10.7. The fourth-order valence-corrected chi connectivity index (χ4v) is 3.43. The Bertz CT molecular complexity index is 882. The monoisotopic (exact) mass is 367 g/mol. The van der Waals surface area contributed by atoms with Crippen molar-refractivity contribution in [3.05, 3.63) is 59.0 Å². The molecule has 0 amide bonds. The van der Waals surface area contributed by atoms with Crippen LogP contribution >= 0.6 is 11.3 Å². The van der Waals surface area contributed by atoms with Gasteiger partial charge in [-0.1, -0.05) is 23.8 Å². The second kappa shape index (κ2) is 9.15. The van der Waals surface area contributed by atoms with Crippen LogP contribution in [-0.4, -0.2) is 40.8 Å². The number of hydrogen-bond acceptors (Lipinski definition) is 4. The van der Waals surface area contributed by atoms with Gasteiger partial charge in [0.1, 0.15) is 0 Å². The van der Waals surface area contributed by atoms with Crippen LogP contribution in [0, 0.1) is 6.92 Å². The van der Waals surface area contributed by atoms with Gasteiger partial charge in [-0.25, -0.2) is 0 Å². The lowest BCUT2D eigenvalue weighted by atomic mass is 10.2. The molecule has 0 atom stereocenters. The molecule has 0 unspecified atom stereocenters. The Morgan fingerprint density at radius 2 is 1.73 bits per heavy atom. The number of thiophene rings is 1. The van der Waals surface area contributed by atoms with E-state index in [0.717, 1.165) is 27.9 Å². The Morgan fingerprint density at radius 3 is 2.31 bits per heavy atom. The maximum absolute atomic E-state index is 10.7. The molecule has 0 aliphatic rings. The average Bonchev–Trinajstić information content (AvgIpc) is 3.06. The second-order valence-electron chi connectivity index (χ2n) is 6.17. The summed E-state index contributed by atoms with van der Waals surface area (Å²) in [6.45, 7) is 2.08. The highest BCUT2D eigenvalue weighted by atomic mass is 32.1. The molecule has 3 rings (SSSR count). The predicted molar refractivity (Wildman–Crippen MR) is 116 cm³/mol. The van der Waals surface area contributed by atoms with Crippen LogP contribution in [0.15, 0.2) is 53.5 Å². The van der Waals surface area contributed by atoms with Gasteiger partial charge in [-0.15, -0.1) is 11.3 Å². The molecule has 0 spiro atoms. The number of aliphatic imine (C=N–C) groups is 1. The molecule has 0 saturated heterocycles. The van der Waals surface area contributed by atoms with Crippen LogP contribution in [0.5, 0.6) is 0 Å². The molecule has 1 aromatic heterocycles. The zero-order valence-electron chi connectivity index (χ0n) is 15.9. The Balaban J connectivity index is 0.000000190. The molecule has 136 valence electrons. The van der Waals surface area contributed by atoms with Crippen LogP contribution in [0.25, 0.3) is 10.1 Å². The van der Waals surface area contributed by atoms with E-state index in [0.29, 0.717) is 0 Å². The molecule has 0 aliphatic heterocycles. The minimum Gasteiger partial charge on any atom is -0.377 e. The molecule has 0 aliphatic carbocycles. The van der Waals surface area contributed by atoms with E-state index < -0.39 is 0 Å². The normalized spacial score (nSPS) is 10.5. The van der Waals surface area contributed by atoms with Gasteiger partial charge in [-0.2, -0.15) is 0 Å². The van der Waals surface area contributed by atoms with E-state index in [1.54, 1.807) is 13.4 Å². The van der Waals surface area contributed by atoms with Crippen molar-refractivity contribution in [1.29, 1.82) is 0 Å². The lowest BCUT2D eigenvalue weighted by Crippen LogP contribution is -2.13. The summed E-state index contributed by atoms with van der Waals surface area (Å²) >= 11 is 1.53. The first-order chi connectivity index (χ1) is 12.5. The van der Waals surface area contributed by atoms with Crippen LogP contribution in [0.2, 0.25) is 0 Å². The number of aldehydes is 1. The molecule has 0 bridgehead atoms. The highest BCUT2D eigenvalue weighted by molar-refractivity contribution is 7.20. The van der Waals surface area contributed by atoms with Crippen LogP contribution in [0.4, 0.5) is 11.4 Å². The number of nitrogens with zero attached hydrogens (tertiary/aromatic N) is 3. The van der Waals surface area contributed by atoms with Gasteiger partial charge >= 0.3 is 0 Å². The number of carbonyl (C=O) groups excluding carboxylic acids is 1. The topological polar surface area (TPSA) is 35.9 Å². The van der Waals surface area contributed by atoms with Crippen molar-refractivity contribution in [2.75, 3.05) is 38.0 Å². The number of anilines is 2. The maximum Gasteiger partial charge on any atom is 0.160 e. The molecule has 0 saturated carbocycles. The Hall–Kier alpha value is -2.66. The third kappa shape index (κ3) is 4.92. The largest absolute Gasteiger partial charge is 0.377 e. The lowest BCUT2D eigenvalue weighted by Gasteiger charge is -2.13. The fraction of sp³-hybridized carbons (Fsp3) is 0.238. The molecule has 0 fully saturated rings. The first kappa shape index (κ1) is 19.7. The molecule has 1 heterocycles. The van der Waals surface area contributed by atoms with E-state index >= 15 is 0 Å². The summed E-state index contributed by atoms with van der Waals surface area (Å²) in [4.78, 5) is 19.4. The zero-order chi connectivity index (χ0) is 19.1. The van der Waals surface area contributed by atoms with Gasteiger partial charge in [0.15, 0.2) is 6.29 Å². The van der Waals surface area contributed by atoms with Crippen molar-refractivity contribution in [3.63, 3.8) is 0 Å². The minimum absolute atomic E-state index is 0.786. The minimum atomic E-state index is 0.786. The van der Waals surface area contributed by atoms with Gasteiger partial charge in [0, 0.05) is 49.7 Å². The first-order valence-electron chi connectivity index (χ1n) is 8.33. The molecule has 0 radical (unpaired) electrons. The van der Waals surface area contributed by atoms with Crippen molar-refractivity contribution in [2.45, 2.75) is 6.92 Å². The van der Waals surface area contributed by atoms with E-state index in [2.05, 4.69) is 47.1 Å².